The van der Waals surface area contributed by atoms with Crippen LogP contribution in [0.2, 0.25) is 0 Å². The molecule has 4 heteroatoms. The second kappa shape index (κ2) is 5.02. The van der Waals surface area contributed by atoms with Gasteiger partial charge in [0, 0.05) is 24.3 Å². The van der Waals surface area contributed by atoms with E-state index in [9.17, 15) is 9.50 Å². The van der Waals surface area contributed by atoms with Crippen LogP contribution in [-0.2, 0) is 6.54 Å². The Morgan fingerprint density at radius 3 is 2.88 bits per heavy atom. The monoisotopic (exact) mass is 238 g/mol. The molecule has 2 rings (SSSR count). The highest BCUT2D eigenvalue weighted by Crippen LogP contribution is 2.30. The molecule has 0 spiro atoms. The summed E-state index contributed by atoms with van der Waals surface area (Å²) in [5.74, 6) is 0.179. The summed E-state index contributed by atoms with van der Waals surface area (Å²) in [6.07, 6.45) is 1.03. The molecule has 1 aromatic carbocycles. The van der Waals surface area contributed by atoms with Crippen LogP contribution < -0.4 is 10.6 Å². The Hall–Kier alpha value is -1.13. The standard InChI is InChI=1S/C13H19FN2O/c1-9-4-5-16(13(9)8-17)11-3-2-10(7-15)12(14)6-11/h2-3,6,9,13,17H,4-5,7-8,15H2,1H3. The van der Waals surface area contributed by atoms with Crippen LogP contribution in [0, 0.1) is 11.7 Å². The summed E-state index contributed by atoms with van der Waals surface area (Å²) >= 11 is 0. The lowest BCUT2D eigenvalue weighted by molar-refractivity contribution is 0.244. The van der Waals surface area contributed by atoms with Crippen LogP contribution in [-0.4, -0.2) is 24.3 Å². The van der Waals surface area contributed by atoms with E-state index in [-0.39, 0.29) is 25.0 Å². The minimum Gasteiger partial charge on any atom is -0.394 e. The van der Waals surface area contributed by atoms with Gasteiger partial charge in [-0.2, -0.15) is 0 Å². The van der Waals surface area contributed by atoms with E-state index in [1.54, 1.807) is 6.07 Å². The number of hydrogen-bond donors (Lipinski definition) is 2. The lowest BCUT2D eigenvalue weighted by atomic mass is 10.0. The molecule has 0 aromatic heterocycles. The van der Waals surface area contributed by atoms with Crippen LogP contribution in [0.25, 0.3) is 0 Å². The van der Waals surface area contributed by atoms with Gasteiger partial charge >= 0.3 is 0 Å². The summed E-state index contributed by atoms with van der Waals surface area (Å²) in [6.45, 7) is 3.31. The topological polar surface area (TPSA) is 49.5 Å². The second-order valence-corrected chi connectivity index (χ2v) is 4.69. The quantitative estimate of drug-likeness (QED) is 0.839. The molecule has 1 fully saturated rings. The molecule has 1 heterocycles. The normalized spacial score (nSPS) is 24.4. The zero-order valence-corrected chi connectivity index (χ0v) is 10.1. The van der Waals surface area contributed by atoms with E-state index in [4.69, 9.17) is 5.73 Å². The molecule has 3 N–H and O–H groups in total. The van der Waals surface area contributed by atoms with Gasteiger partial charge < -0.3 is 15.7 Å². The van der Waals surface area contributed by atoms with E-state index in [2.05, 4.69) is 11.8 Å². The van der Waals surface area contributed by atoms with Crippen molar-refractivity contribution >= 4 is 5.69 Å². The molecule has 94 valence electrons. The van der Waals surface area contributed by atoms with E-state index >= 15 is 0 Å². The van der Waals surface area contributed by atoms with E-state index < -0.39 is 0 Å². The lowest BCUT2D eigenvalue weighted by Gasteiger charge is -2.27. The first-order valence-corrected chi connectivity index (χ1v) is 6.03. The summed E-state index contributed by atoms with van der Waals surface area (Å²) in [7, 11) is 0. The van der Waals surface area contributed by atoms with Crippen molar-refractivity contribution in [2.24, 2.45) is 11.7 Å². The minimum atomic E-state index is -0.263. The highest BCUT2D eigenvalue weighted by Gasteiger charge is 2.30. The molecule has 0 amide bonds. The molecule has 1 aliphatic rings. The number of hydrogen-bond acceptors (Lipinski definition) is 3. The third-order valence-electron chi connectivity index (χ3n) is 3.66. The largest absolute Gasteiger partial charge is 0.394 e. The molecule has 1 aliphatic heterocycles. The molecule has 1 aromatic rings. The van der Waals surface area contributed by atoms with E-state index in [1.165, 1.54) is 6.07 Å². The predicted molar refractivity (Wildman–Crippen MR) is 66.3 cm³/mol. The molecular weight excluding hydrogens is 219 g/mol. The average molecular weight is 238 g/mol. The molecule has 2 atom stereocenters. The van der Waals surface area contributed by atoms with Gasteiger partial charge in [-0.15, -0.1) is 0 Å². The molecule has 0 aliphatic carbocycles. The number of anilines is 1. The van der Waals surface area contributed by atoms with Crippen LogP contribution in [0.4, 0.5) is 10.1 Å². The highest BCUT2D eigenvalue weighted by molar-refractivity contribution is 5.50. The Bertz CT molecular complexity index is 397. The van der Waals surface area contributed by atoms with Crippen LogP contribution in [0.15, 0.2) is 18.2 Å². The summed E-state index contributed by atoms with van der Waals surface area (Å²) in [4.78, 5) is 2.08. The Morgan fingerprint density at radius 1 is 1.53 bits per heavy atom. The molecule has 2 unspecified atom stereocenters. The third kappa shape index (κ3) is 2.28. The first kappa shape index (κ1) is 12.3. The number of halogens is 1. The molecule has 1 saturated heterocycles. The van der Waals surface area contributed by atoms with Gasteiger partial charge in [-0.05, 0) is 24.5 Å². The number of nitrogens with zero attached hydrogens (tertiary/aromatic N) is 1. The number of aliphatic hydroxyl groups excluding tert-OH is 1. The highest BCUT2D eigenvalue weighted by atomic mass is 19.1. The average Bonchev–Trinajstić information content (AvgIpc) is 2.70. The third-order valence-corrected chi connectivity index (χ3v) is 3.66. The SMILES string of the molecule is CC1CCN(c2ccc(CN)c(F)c2)C1CO. The summed E-state index contributed by atoms with van der Waals surface area (Å²) < 4.78 is 13.7. The maximum atomic E-state index is 13.7. The van der Waals surface area contributed by atoms with E-state index in [1.807, 2.05) is 6.07 Å². The Kier molecular flexibility index (Phi) is 3.64. The maximum absolute atomic E-state index is 13.7. The van der Waals surface area contributed by atoms with Gasteiger partial charge in [-0.3, -0.25) is 0 Å². The van der Waals surface area contributed by atoms with Crippen LogP contribution in [0.1, 0.15) is 18.9 Å². The van der Waals surface area contributed by atoms with Gasteiger partial charge in [0.05, 0.1) is 12.6 Å². The molecule has 0 radical (unpaired) electrons. The van der Waals surface area contributed by atoms with Gasteiger partial charge in [-0.1, -0.05) is 13.0 Å². The zero-order chi connectivity index (χ0) is 12.4. The molecule has 0 saturated carbocycles. The van der Waals surface area contributed by atoms with Crippen LogP contribution in [0.5, 0.6) is 0 Å². The molecule has 3 nitrogen and oxygen atoms in total. The Balaban J connectivity index is 2.25. The van der Waals surface area contributed by atoms with Crippen LogP contribution in [0.3, 0.4) is 0 Å². The Labute approximate surface area is 101 Å². The number of rotatable bonds is 3. The second-order valence-electron chi connectivity index (χ2n) is 4.69. The predicted octanol–water partition coefficient (Wildman–Crippen LogP) is 1.49. The van der Waals surface area contributed by atoms with E-state index in [0.29, 0.717) is 11.5 Å². The summed E-state index contributed by atoms with van der Waals surface area (Å²) in [6, 6.07) is 5.22. The van der Waals surface area contributed by atoms with Crippen molar-refractivity contribution in [2.45, 2.75) is 25.9 Å². The van der Waals surface area contributed by atoms with Gasteiger partial charge in [0.2, 0.25) is 0 Å². The van der Waals surface area contributed by atoms with Gasteiger partial charge in [-0.25, -0.2) is 4.39 Å². The minimum absolute atomic E-state index is 0.0955. The van der Waals surface area contributed by atoms with Crippen molar-refractivity contribution in [2.75, 3.05) is 18.1 Å². The van der Waals surface area contributed by atoms with Crippen molar-refractivity contribution in [1.29, 1.82) is 0 Å². The molecule has 17 heavy (non-hydrogen) atoms. The summed E-state index contributed by atoms with van der Waals surface area (Å²) in [5, 5.41) is 9.38. The van der Waals surface area contributed by atoms with E-state index in [0.717, 1.165) is 18.7 Å². The first-order valence-electron chi connectivity index (χ1n) is 6.03. The van der Waals surface area contributed by atoms with Crippen molar-refractivity contribution in [3.63, 3.8) is 0 Å². The summed E-state index contributed by atoms with van der Waals surface area (Å²) in [5.41, 5.74) is 6.80. The van der Waals surface area contributed by atoms with Crippen LogP contribution >= 0.6 is 0 Å². The molecular formula is C13H19FN2O. The van der Waals surface area contributed by atoms with Crippen molar-refractivity contribution < 1.29 is 9.50 Å². The smallest absolute Gasteiger partial charge is 0.129 e. The van der Waals surface area contributed by atoms with Crippen molar-refractivity contribution in [1.82, 2.24) is 0 Å². The van der Waals surface area contributed by atoms with Crippen molar-refractivity contribution in [3.8, 4) is 0 Å². The first-order chi connectivity index (χ1) is 8.17. The number of nitrogens with two attached hydrogens (primary N) is 1. The maximum Gasteiger partial charge on any atom is 0.129 e. The van der Waals surface area contributed by atoms with Crippen molar-refractivity contribution in [3.05, 3.63) is 29.6 Å². The fourth-order valence-corrected chi connectivity index (χ4v) is 2.49. The number of aliphatic hydroxyl groups is 1. The molecule has 0 bridgehead atoms. The van der Waals surface area contributed by atoms with Gasteiger partial charge in [0.15, 0.2) is 0 Å². The number of benzene rings is 1. The van der Waals surface area contributed by atoms with Gasteiger partial charge in [0.25, 0.3) is 0 Å². The lowest BCUT2D eigenvalue weighted by Crippen LogP contribution is -2.35. The zero-order valence-electron chi connectivity index (χ0n) is 10.1. The Morgan fingerprint density at radius 2 is 2.29 bits per heavy atom. The van der Waals surface area contributed by atoms with Gasteiger partial charge in [0.1, 0.15) is 5.82 Å². The fraction of sp³-hybridized carbons (Fsp3) is 0.538. The fourth-order valence-electron chi connectivity index (χ4n) is 2.49.